The summed E-state index contributed by atoms with van der Waals surface area (Å²) in [6.45, 7) is 2.37. The molecule has 0 aliphatic carbocycles. The normalized spacial score (nSPS) is 19.6. The van der Waals surface area contributed by atoms with Crippen LogP contribution in [0, 0.1) is 12.8 Å². The lowest BCUT2D eigenvalue weighted by Crippen LogP contribution is -2.43. The average Bonchev–Trinajstić information content (AvgIpc) is 3.19. The lowest BCUT2D eigenvalue weighted by atomic mass is 9.99. The number of anilines is 1. The van der Waals surface area contributed by atoms with Gasteiger partial charge in [-0.1, -0.05) is 11.2 Å². The second kappa shape index (κ2) is 6.42. The number of piperidine rings is 1. The van der Waals surface area contributed by atoms with E-state index in [-0.39, 0.29) is 18.3 Å². The molecule has 1 saturated heterocycles. The number of carbonyl (C=O) groups excluding carboxylic acids is 1. The number of rotatable bonds is 4. The van der Waals surface area contributed by atoms with E-state index in [4.69, 9.17) is 4.52 Å². The highest BCUT2D eigenvalue weighted by Gasteiger charge is 2.34. The van der Waals surface area contributed by atoms with Crippen LogP contribution in [0.15, 0.2) is 32.3 Å². The summed E-state index contributed by atoms with van der Waals surface area (Å²) in [5, 5.41) is 8.09. The third-order valence-electron chi connectivity index (χ3n) is 3.72. The fourth-order valence-electron chi connectivity index (χ4n) is 2.56. The topological polar surface area (TPSA) is 92.5 Å². The van der Waals surface area contributed by atoms with Gasteiger partial charge in [0.15, 0.2) is 0 Å². The first-order valence-corrected chi connectivity index (χ1v) is 9.56. The van der Waals surface area contributed by atoms with Crippen LogP contribution >= 0.6 is 11.3 Å². The van der Waals surface area contributed by atoms with E-state index in [0.717, 1.165) is 0 Å². The molecule has 0 unspecified atom stereocenters. The highest BCUT2D eigenvalue weighted by atomic mass is 32.2. The molecule has 23 heavy (non-hydrogen) atoms. The molecule has 0 bridgehead atoms. The minimum atomic E-state index is -3.52. The molecule has 1 N–H and O–H groups in total. The van der Waals surface area contributed by atoms with Gasteiger partial charge in [0.1, 0.15) is 4.21 Å². The highest BCUT2D eigenvalue weighted by Crippen LogP contribution is 2.27. The smallest absolute Gasteiger partial charge is 0.252 e. The zero-order chi connectivity index (χ0) is 16.4. The Morgan fingerprint density at radius 3 is 3.00 bits per heavy atom. The molecule has 0 spiro atoms. The van der Waals surface area contributed by atoms with E-state index in [1.165, 1.54) is 15.6 Å². The summed E-state index contributed by atoms with van der Waals surface area (Å²) in [5.74, 6) is -0.359. The minimum Gasteiger partial charge on any atom is -0.338 e. The van der Waals surface area contributed by atoms with Crippen molar-refractivity contribution in [2.45, 2.75) is 24.0 Å². The van der Waals surface area contributed by atoms with Crippen LogP contribution in [0.4, 0.5) is 5.88 Å². The van der Waals surface area contributed by atoms with E-state index < -0.39 is 15.9 Å². The Morgan fingerprint density at radius 2 is 2.35 bits per heavy atom. The first-order chi connectivity index (χ1) is 11.0. The Hall–Kier alpha value is -1.71. The maximum absolute atomic E-state index is 12.6. The van der Waals surface area contributed by atoms with Crippen LogP contribution in [0.3, 0.4) is 0 Å². The van der Waals surface area contributed by atoms with Gasteiger partial charge >= 0.3 is 0 Å². The Morgan fingerprint density at radius 1 is 1.52 bits per heavy atom. The van der Waals surface area contributed by atoms with Crippen LogP contribution in [0.2, 0.25) is 0 Å². The summed E-state index contributed by atoms with van der Waals surface area (Å²) in [6.07, 6.45) is 1.30. The van der Waals surface area contributed by atoms with Gasteiger partial charge in [-0.15, -0.1) is 11.3 Å². The second-order valence-electron chi connectivity index (χ2n) is 5.46. The van der Waals surface area contributed by atoms with Crippen LogP contribution in [0.5, 0.6) is 0 Å². The summed E-state index contributed by atoms with van der Waals surface area (Å²) in [4.78, 5) is 12.3. The molecular formula is C14H17N3O4S2. The van der Waals surface area contributed by atoms with Gasteiger partial charge in [0, 0.05) is 19.2 Å². The molecule has 1 atom stereocenters. The number of nitrogens with one attached hydrogen (secondary N) is 1. The molecule has 0 saturated carbocycles. The Kier molecular flexibility index (Phi) is 4.51. The Labute approximate surface area is 138 Å². The number of aromatic nitrogens is 1. The molecule has 3 rings (SSSR count). The van der Waals surface area contributed by atoms with Crippen LogP contribution in [-0.4, -0.2) is 36.9 Å². The van der Waals surface area contributed by atoms with Crippen molar-refractivity contribution in [1.82, 2.24) is 9.46 Å². The third-order valence-corrected chi connectivity index (χ3v) is 6.96. The maximum atomic E-state index is 12.6. The Balaban J connectivity index is 1.69. The number of hydrogen-bond acceptors (Lipinski definition) is 6. The predicted molar refractivity (Wildman–Crippen MR) is 85.7 cm³/mol. The van der Waals surface area contributed by atoms with Gasteiger partial charge in [-0.2, -0.15) is 4.31 Å². The monoisotopic (exact) mass is 355 g/mol. The molecule has 1 amide bonds. The molecule has 124 valence electrons. The van der Waals surface area contributed by atoms with Gasteiger partial charge in [0.2, 0.25) is 11.8 Å². The predicted octanol–water partition coefficient (Wildman–Crippen LogP) is 2.08. The minimum absolute atomic E-state index is 0.180. The highest BCUT2D eigenvalue weighted by molar-refractivity contribution is 7.91. The molecule has 2 aromatic heterocycles. The van der Waals surface area contributed by atoms with Crippen molar-refractivity contribution < 1.29 is 17.7 Å². The second-order valence-corrected chi connectivity index (χ2v) is 8.57. The summed E-state index contributed by atoms with van der Waals surface area (Å²) >= 11 is 1.19. The largest absolute Gasteiger partial charge is 0.338 e. The fourth-order valence-corrected chi connectivity index (χ4v) is 5.23. The molecule has 0 aromatic carbocycles. The molecule has 1 fully saturated rings. The van der Waals surface area contributed by atoms with Gasteiger partial charge in [0.25, 0.3) is 10.0 Å². The van der Waals surface area contributed by atoms with Crippen LogP contribution < -0.4 is 5.32 Å². The standard InChI is InChI=1S/C14H17N3O4S2/c1-10-8-12(21-16-10)15-14(18)11-4-2-6-17(9-11)23(19,20)13-5-3-7-22-13/h3,5,7-8,11H,2,4,6,9H2,1H3,(H,15,18)/t11-/m1/s1. The molecular weight excluding hydrogens is 338 g/mol. The van der Waals surface area contributed by atoms with Crippen molar-refractivity contribution in [3.8, 4) is 0 Å². The number of thiophene rings is 1. The molecule has 7 nitrogen and oxygen atoms in total. The van der Waals surface area contributed by atoms with Gasteiger partial charge in [-0.3, -0.25) is 10.1 Å². The summed E-state index contributed by atoms with van der Waals surface area (Å²) in [6, 6.07) is 4.92. The van der Waals surface area contributed by atoms with Crippen molar-refractivity contribution >= 4 is 33.2 Å². The van der Waals surface area contributed by atoms with Crippen molar-refractivity contribution in [2.24, 2.45) is 5.92 Å². The van der Waals surface area contributed by atoms with Gasteiger partial charge in [-0.25, -0.2) is 8.42 Å². The first-order valence-electron chi connectivity index (χ1n) is 7.24. The van der Waals surface area contributed by atoms with E-state index in [1.54, 1.807) is 30.5 Å². The lowest BCUT2D eigenvalue weighted by Gasteiger charge is -2.30. The van der Waals surface area contributed by atoms with Crippen LogP contribution in [0.25, 0.3) is 0 Å². The van der Waals surface area contributed by atoms with E-state index in [9.17, 15) is 13.2 Å². The SMILES string of the molecule is Cc1cc(NC(=O)[C@@H]2CCCN(S(=O)(=O)c3cccs3)C2)on1. The fraction of sp³-hybridized carbons (Fsp3) is 0.429. The molecule has 1 aliphatic rings. The number of amides is 1. The van der Waals surface area contributed by atoms with Crippen molar-refractivity contribution in [3.63, 3.8) is 0 Å². The number of aryl methyl sites for hydroxylation is 1. The van der Waals surface area contributed by atoms with E-state index >= 15 is 0 Å². The van der Waals surface area contributed by atoms with Crippen molar-refractivity contribution in [2.75, 3.05) is 18.4 Å². The van der Waals surface area contributed by atoms with E-state index in [0.29, 0.717) is 29.3 Å². The summed E-state index contributed by atoms with van der Waals surface area (Å²) in [5.41, 5.74) is 0.672. The molecule has 9 heteroatoms. The van der Waals surface area contributed by atoms with Crippen molar-refractivity contribution in [1.29, 1.82) is 0 Å². The Bertz CT molecular complexity index is 783. The molecule has 2 aromatic rings. The van der Waals surface area contributed by atoms with Crippen LogP contribution in [0.1, 0.15) is 18.5 Å². The van der Waals surface area contributed by atoms with Crippen LogP contribution in [-0.2, 0) is 14.8 Å². The number of sulfonamides is 1. The summed E-state index contributed by atoms with van der Waals surface area (Å²) in [7, 11) is -3.52. The zero-order valence-corrected chi connectivity index (χ0v) is 14.2. The van der Waals surface area contributed by atoms with E-state index in [2.05, 4.69) is 10.5 Å². The van der Waals surface area contributed by atoms with Crippen molar-refractivity contribution in [3.05, 3.63) is 29.3 Å². The number of hydrogen-bond donors (Lipinski definition) is 1. The van der Waals surface area contributed by atoms with E-state index in [1.807, 2.05) is 0 Å². The summed E-state index contributed by atoms with van der Waals surface area (Å²) < 4.78 is 31.8. The van der Waals surface area contributed by atoms with Gasteiger partial charge < -0.3 is 4.52 Å². The average molecular weight is 355 g/mol. The zero-order valence-electron chi connectivity index (χ0n) is 12.6. The van der Waals surface area contributed by atoms with Gasteiger partial charge in [-0.05, 0) is 31.2 Å². The van der Waals surface area contributed by atoms with Gasteiger partial charge in [0.05, 0.1) is 11.6 Å². The number of carbonyl (C=O) groups is 1. The molecule has 3 heterocycles. The molecule has 1 aliphatic heterocycles. The quantitative estimate of drug-likeness (QED) is 0.906. The third kappa shape index (κ3) is 3.46. The molecule has 0 radical (unpaired) electrons. The maximum Gasteiger partial charge on any atom is 0.252 e. The number of nitrogens with zero attached hydrogens (tertiary/aromatic N) is 2. The lowest BCUT2D eigenvalue weighted by molar-refractivity contribution is -0.121. The first kappa shape index (κ1) is 16.2.